The fraction of sp³-hybridized carbons (Fsp3) is 0.389. The Kier molecular flexibility index (Phi) is 12.5. The molecule has 0 bridgehead atoms. The Morgan fingerprint density at radius 3 is 2.29 bits per heavy atom. The molecule has 0 unspecified atom stereocenters. The van der Waals surface area contributed by atoms with Gasteiger partial charge in [-0.15, -0.1) is 6.42 Å². The topological polar surface area (TPSA) is 17.1 Å². The molecule has 0 N–H and O–H groups in total. The van der Waals surface area contributed by atoms with Gasteiger partial charge in [-0.25, -0.2) is 12.1 Å². The Labute approximate surface area is 144 Å². The summed E-state index contributed by atoms with van der Waals surface area (Å²) in [7, 11) is 0. The van der Waals surface area contributed by atoms with Crippen LogP contribution in [0, 0.1) is 0 Å². The first-order chi connectivity index (χ1) is 9.77. The fourth-order valence-electron chi connectivity index (χ4n) is 1.91. The van der Waals surface area contributed by atoms with Crippen molar-refractivity contribution in [1.82, 2.24) is 0 Å². The van der Waals surface area contributed by atoms with Gasteiger partial charge >= 0.3 is 0 Å². The van der Waals surface area contributed by atoms with Gasteiger partial charge in [0.25, 0.3) is 0 Å². The zero-order valence-electron chi connectivity index (χ0n) is 12.6. The molecule has 0 aromatic heterocycles. The van der Waals surface area contributed by atoms with E-state index in [-0.39, 0.29) is 22.9 Å². The molecule has 0 spiro atoms. The Hall–Kier alpha value is -0.761. The summed E-state index contributed by atoms with van der Waals surface area (Å²) in [5.41, 5.74) is 2.31. The van der Waals surface area contributed by atoms with Crippen molar-refractivity contribution in [3.63, 3.8) is 0 Å². The normalized spacial score (nSPS) is 9.43. The van der Waals surface area contributed by atoms with Gasteiger partial charge in [0.15, 0.2) is 0 Å². The summed E-state index contributed by atoms with van der Waals surface area (Å²) in [5.74, 6) is 1.01. The zero-order valence-corrected chi connectivity index (χ0v) is 14.6. The van der Waals surface area contributed by atoms with Crippen LogP contribution >= 0.6 is 12.6 Å². The summed E-state index contributed by atoms with van der Waals surface area (Å²) >= 11 is 4.04. The number of hydrogen-bond acceptors (Lipinski definition) is 2. The van der Waals surface area contributed by atoms with Crippen molar-refractivity contribution in [2.75, 3.05) is 5.75 Å². The molecular formula is C18H24FeOS-6. The number of unbranched alkanes of at least 4 members (excludes halogenated alkanes) is 1. The van der Waals surface area contributed by atoms with E-state index in [1.54, 1.807) is 0 Å². The average molecular weight is 344 g/mol. The maximum atomic E-state index is 11.2. The zero-order chi connectivity index (χ0) is 14.6. The van der Waals surface area contributed by atoms with Crippen LogP contribution in [0.15, 0.2) is 48.5 Å². The second-order valence-electron chi connectivity index (χ2n) is 4.82. The van der Waals surface area contributed by atoms with E-state index in [9.17, 15) is 4.79 Å². The molecule has 2 aromatic carbocycles. The molecule has 2 aromatic rings. The van der Waals surface area contributed by atoms with Crippen LogP contribution in [0.4, 0.5) is 0 Å². The van der Waals surface area contributed by atoms with Crippen LogP contribution in [0.3, 0.4) is 0 Å². The van der Waals surface area contributed by atoms with Gasteiger partial charge in [-0.1, -0.05) is 32.6 Å². The first-order valence-corrected chi connectivity index (χ1v) is 7.97. The van der Waals surface area contributed by atoms with Gasteiger partial charge in [-0.3, -0.25) is 5.78 Å². The molecule has 122 valence electrons. The maximum Gasteiger partial charge on any atom is 0 e. The number of hydrogen-bond donors (Lipinski definition) is 1. The van der Waals surface area contributed by atoms with Crippen molar-refractivity contribution in [1.29, 1.82) is 0 Å². The van der Waals surface area contributed by atoms with Crippen molar-refractivity contribution in [2.45, 2.75) is 39.0 Å². The Morgan fingerprint density at radius 2 is 1.76 bits per heavy atom. The van der Waals surface area contributed by atoms with E-state index in [0.717, 1.165) is 17.7 Å². The van der Waals surface area contributed by atoms with Gasteiger partial charge < -0.3 is 34.6 Å². The number of Topliss-reactive ketones (excluding diaryl/α,β-unsaturated/α-hetero) is 1. The minimum Gasteiger partial charge on any atom is -0.718 e. The Bertz CT molecular complexity index is 446. The van der Waals surface area contributed by atoms with E-state index in [4.69, 9.17) is 0 Å². The minimum absolute atomic E-state index is 0. The largest absolute Gasteiger partial charge is 0.718 e. The summed E-state index contributed by atoms with van der Waals surface area (Å²) < 4.78 is 0. The second kappa shape index (κ2) is 12.9. The van der Waals surface area contributed by atoms with E-state index in [1.165, 1.54) is 24.8 Å². The van der Waals surface area contributed by atoms with Gasteiger partial charge in [0, 0.05) is 17.1 Å². The SMILES string of the molecule is CCCC[c-]1cccc1.O=C(CCCS)[c-]1[cH-][cH-][cH-][cH-]1.[Fe]. The number of thiol groups is 1. The quantitative estimate of drug-likeness (QED) is 0.322. The van der Waals surface area contributed by atoms with Crippen molar-refractivity contribution in [3.05, 3.63) is 59.7 Å². The molecule has 0 heterocycles. The molecular weight excluding hydrogens is 320 g/mol. The molecule has 0 atom stereocenters. The molecule has 0 aliphatic carbocycles. The van der Waals surface area contributed by atoms with E-state index >= 15 is 0 Å². The number of ketones is 1. The predicted octanol–water partition coefficient (Wildman–Crippen LogP) is 5.04. The van der Waals surface area contributed by atoms with Crippen LogP contribution in [-0.2, 0) is 23.5 Å². The average Bonchev–Trinajstić information content (AvgIpc) is 3.15. The Morgan fingerprint density at radius 1 is 1.14 bits per heavy atom. The van der Waals surface area contributed by atoms with E-state index in [0.29, 0.717) is 6.42 Å². The summed E-state index contributed by atoms with van der Waals surface area (Å²) in [5, 5.41) is 0. The van der Waals surface area contributed by atoms with Gasteiger partial charge in [-0.2, -0.15) is 30.3 Å². The molecule has 0 aliphatic heterocycles. The van der Waals surface area contributed by atoms with Gasteiger partial charge in [0.1, 0.15) is 0 Å². The Balaban J connectivity index is 0.000000370. The standard InChI is InChI=1S/C9H11OS.C9H13.Fe/c10-9(6-3-7-11)8-4-1-2-5-8;1-2-3-6-9-7-4-5-8-9;/h1-2,4-5,11H,3,6-7H2;4-5,7-8H,2-3,6H2,1H3;/q-5;-1;. The molecule has 2 rings (SSSR count). The van der Waals surface area contributed by atoms with Gasteiger partial charge in [0.2, 0.25) is 0 Å². The fourth-order valence-corrected chi connectivity index (χ4v) is 2.06. The van der Waals surface area contributed by atoms with Gasteiger partial charge in [-0.05, 0) is 5.75 Å². The van der Waals surface area contributed by atoms with Crippen molar-refractivity contribution in [2.24, 2.45) is 0 Å². The van der Waals surface area contributed by atoms with E-state index in [2.05, 4.69) is 43.8 Å². The van der Waals surface area contributed by atoms with Crippen LogP contribution in [0.5, 0.6) is 0 Å². The summed E-state index contributed by atoms with van der Waals surface area (Å²) in [6, 6.07) is 16.0. The molecule has 0 aliphatic rings. The predicted molar refractivity (Wildman–Crippen MR) is 90.1 cm³/mol. The smallest absolute Gasteiger partial charge is 0 e. The number of rotatable bonds is 7. The molecule has 0 saturated heterocycles. The molecule has 1 nitrogen and oxygen atoms in total. The number of aryl methyl sites for hydroxylation is 1. The molecule has 0 radical (unpaired) electrons. The number of carbonyl (C=O) groups is 1. The van der Waals surface area contributed by atoms with Gasteiger partial charge in [0.05, 0.1) is 0 Å². The first kappa shape index (κ1) is 20.2. The third-order valence-electron chi connectivity index (χ3n) is 3.10. The van der Waals surface area contributed by atoms with Crippen LogP contribution in [-0.4, -0.2) is 11.5 Å². The summed E-state index contributed by atoms with van der Waals surface area (Å²) in [4.78, 5) is 11.2. The van der Waals surface area contributed by atoms with Crippen molar-refractivity contribution < 1.29 is 21.9 Å². The monoisotopic (exact) mass is 344 g/mol. The first-order valence-electron chi connectivity index (χ1n) is 7.34. The molecule has 0 amide bonds. The maximum absolute atomic E-state index is 11.2. The third kappa shape index (κ3) is 8.98. The third-order valence-corrected chi connectivity index (χ3v) is 3.41. The summed E-state index contributed by atoms with van der Waals surface area (Å²) in [6.07, 6.45) is 5.36. The molecule has 3 heteroatoms. The van der Waals surface area contributed by atoms with Crippen LogP contribution in [0.1, 0.15) is 48.5 Å². The number of carbonyl (C=O) groups excluding carboxylic acids is 1. The van der Waals surface area contributed by atoms with Crippen LogP contribution in [0.2, 0.25) is 0 Å². The minimum atomic E-state index is 0. The van der Waals surface area contributed by atoms with E-state index < -0.39 is 0 Å². The molecule has 0 fully saturated rings. The summed E-state index contributed by atoms with van der Waals surface area (Å²) in [6.45, 7) is 2.23. The second-order valence-corrected chi connectivity index (χ2v) is 5.27. The molecule has 21 heavy (non-hydrogen) atoms. The van der Waals surface area contributed by atoms with Crippen molar-refractivity contribution in [3.8, 4) is 0 Å². The van der Waals surface area contributed by atoms with Crippen molar-refractivity contribution >= 4 is 18.4 Å². The van der Waals surface area contributed by atoms with Crippen LogP contribution in [0.25, 0.3) is 0 Å². The van der Waals surface area contributed by atoms with Crippen LogP contribution < -0.4 is 0 Å². The molecule has 0 saturated carbocycles. The van der Waals surface area contributed by atoms with E-state index in [1.807, 2.05) is 24.3 Å².